The van der Waals surface area contributed by atoms with Gasteiger partial charge < -0.3 is 15.0 Å². The van der Waals surface area contributed by atoms with E-state index in [0.717, 1.165) is 4.90 Å². The molecule has 2 heterocycles. The lowest BCUT2D eigenvalue weighted by molar-refractivity contribution is -0.157. The van der Waals surface area contributed by atoms with Crippen LogP contribution in [0.3, 0.4) is 0 Å². The summed E-state index contributed by atoms with van der Waals surface area (Å²) in [6, 6.07) is 6.54. The van der Waals surface area contributed by atoms with Crippen LogP contribution in [0.1, 0.15) is 25.6 Å². The number of nitrogens with zero attached hydrogens (tertiary/aromatic N) is 2. The van der Waals surface area contributed by atoms with Crippen LogP contribution in [-0.4, -0.2) is 52.0 Å². The second kappa shape index (κ2) is 7.98. The summed E-state index contributed by atoms with van der Waals surface area (Å²) >= 11 is 0. The van der Waals surface area contributed by atoms with Crippen molar-refractivity contribution in [1.82, 2.24) is 20.2 Å². The van der Waals surface area contributed by atoms with Gasteiger partial charge in [0.1, 0.15) is 5.82 Å². The van der Waals surface area contributed by atoms with Crippen LogP contribution in [0, 0.1) is 0 Å². The molecule has 2 N–H and O–H groups in total. The molecule has 0 saturated carbocycles. The summed E-state index contributed by atoms with van der Waals surface area (Å²) in [4.78, 5) is 55.6. The first kappa shape index (κ1) is 18.6. The molecule has 27 heavy (non-hydrogen) atoms. The second-order valence-corrected chi connectivity index (χ2v) is 6.24. The number of ether oxygens (including phenoxy) is 1. The zero-order valence-corrected chi connectivity index (χ0v) is 14.9. The molecule has 1 aromatic carbocycles. The van der Waals surface area contributed by atoms with Crippen molar-refractivity contribution in [1.29, 1.82) is 0 Å². The van der Waals surface area contributed by atoms with Crippen molar-refractivity contribution in [3.8, 4) is 0 Å². The van der Waals surface area contributed by atoms with Gasteiger partial charge in [-0.15, -0.1) is 0 Å². The predicted octanol–water partition coefficient (Wildman–Crippen LogP) is 0.729. The molecule has 1 fully saturated rings. The van der Waals surface area contributed by atoms with E-state index in [1.807, 2.05) is 0 Å². The molecule has 0 bridgehead atoms. The van der Waals surface area contributed by atoms with E-state index in [1.165, 1.54) is 6.92 Å². The molecule has 0 unspecified atom stereocenters. The van der Waals surface area contributed by atoms with Crippen LogP contribution in [-0.2, 0) is 20.7 Å². The molecule has 2 aromatic rings. The number of rotatable bonds is 6. The fraction of sp³-hybridized carbons (Fsp3) is 0.389. The lowest BCUT2D eigenvalue weighted by Gasteiger charge is -2.18. The summed E-state index contributed by atoms with van der Waals surface area (Å²) in [6.45, 7) is 2.09. The van der Waals surface area contributed by atoms with E-state index in [2.05, 4.69) is 15.3 Å². The van der Waals surface area contributed by atoms with Gasteiger partial charge in [0, 0.05) is 25.9 Å². The smallest absolute Gasteiger partial charge is 0.324 e. The maximum absolute atomic E-state index is 12.1. The molecule has 1 atom stereocenters. The van der Waals surface area contributed by atoms with Gasteiger partial charge in [-0.3, -0.25) is 19.3 Å². The minimum atomic E-state index is -1.03. The van der Waals surface area contributed by atoms with E-state index >= 15 is 0 Å². The monoisotopic (exact) mass is 372 g/mol. The first-order valence-corrected chi connectivity index (χ1v) is 8.72. The van der Waals surface area contributed by atoms with Gasteiger partial charge >= 0.3 is 12.0 Å². The fourth-order valence-corrected chi connectivity index (χ4v) is 2.86. The number of hydrogen-bond donors (Lipinski definition) is 2. The van der Waals surface area contributed by atoms with Crippen LogP contribution in [0.2, 0.25) is 0 Å². The van der Waals surface area contributed by atoms with Crippen LogP contribution < -0.4 is 10.9 Å². The van der Waals surface area contributed by atoms with Crippen LogP contribution >= 0.6 is 0 Å². The Morgan fingerprint density at radius 3 is 2.81 bits per heavy atom. The highest BCUT2D eigenvalue weighted by Crippen LogP contribution is 2.09. The third-order valence-corrected chi connectivity index (χ3v) is 4.24. The van der Waals surface area contributed by atoms with Gasteiger partial charge in [-0.25, -0.2) is 9.78 Å². The van der Waals surface area contributed by atoms with Crippen LogP contribution in [0.15, 0.2) is 29.1 Å². The topological polar surface area (TPSA) is 121 Å². The number of hydrogen-bond acceptors (Lipinski definition) is 6. The number of urea groups is 1. The van der Waals surface area contributed by atoms with Gasteiger partial charge in [0.15, 0.2) is 6.10 Å². The van der Waals surface area contributed by atoms with Crippen molar-refractivity contribution >= 4 is 28.8 Å². The first-order chi connectivity index (χ1) is 13.0. The van der Waals surface area contributed by atoms with Crippen molar-refractivity contribution in [3.05, 3.63) is 40.4 Å². The quantitative estimate of drug-likeness (QED) is 0.721. The number of nitrogens with one attached hydrogen (secondary N) is 2. The number of aromatic amines is 1. The van der Waals surface area contributed by atoms with Crippen molar-refractivity contribution < 1.29 is 19.1 Å². The zero-order valence-electron chi connectivity index (χ0n) is 14.9. The van der Waals surface area contributed by atoms with E-state index < -0.39 is 24.0 Å². The summed E-state index contributed by atoms with van der Waals surface area (Å²) < 4.78 is 5.10. The summed E-state index contributed by atoms with van der Waals surface area (Å²) in [5, 5.41) is 3.03. The van der Waals surface area contributed by atoms with E-state index in [0.29, 0.717) is 36.1 Å². The molecule has 0 radical (unpaired) electrons. The number of aryl methyl sites for hydroxylation is 1. The largest absolute Gasteiger partial charge is 0.453 e. The maximum atomic E-state index is 12.1. The number of H-pyrrole nitrogens is 1. The Bertz CT molecular complexity index is 939. The zero-order chi connectivity index (χ0) is 19.4. The Hall–Kier alpha value is -3.23. The summed E-state index contributed by atoms with van der Waals surface area (Å²) in [6.07, 6.45) is -0.155. The Kier molecular flexibility index (Phi) is 5.49. The number of benzene rings is 1. The molecule has 1 saturated heterocycles. The minimum Gasteiger partial charge on any atom is -0.453 e. The highest BCUT2D eigenvalue weighted by Gasteiger charge is 2.31. The summed E-state index contributed by atoms with van der Waals surface area (Å²) in [5.41, 5.74) is 0.378. The molecule has 1 aliphatic rings. The molecule has 3 amide bonds. The molecular weight excluding hydrogens is 352 g/mol. The van der Waals surface area contributed by atoms with Gasteiger partial charge in [-0.2, -0.15) is 0 Å². The Balaban J connectivity index is 1.50. The van der Waals surface area contributed by atoms with Crippen molar-refractivity contribution in [2.45, 2.75) is 32.3 Å². The molecule has 1 aromatic heterocycles. The van der Waals surface area contributed by atoms with Gasteiger partial charge in [0.2, 0.25) is 0 Å². The number of para-hydroxylation sites is 1. The van der Waals surface area contributed by atoms with E-state index in [-0.39, 0.29) is 18.5 Å². The Labute approximate surface area is 154 Å². The third-order valence-electron chi connectivity index (χ3n) is 4.24. The molecule has 3 rings (SSSR count). The third kappa shape index (κ3) is 4.30. The van der Waals surface area contributed by atoms with E-state index in [1.54, 1.807) is 24.3 Å². The molecule has 0 aliphatic carbocycles. The number of aromatic nitrogens is 2. The maximum Gasteiger partial charge on any atom is 0.324 e. The number of carbonyl (C=O) groups is 3. The van der Waals surface area contributed by atoms with Crippen molar-refractivity contribution in [3.63, 3.8) is 0 Å². The Morgan fingerprint density at radius 1 is 1.30 bits per heavy atom. The number of carbonyl (C=O) groups excluding carboxylic acids is 3. The molecule has 9 nitrogen and oxygen atoms in total. The van der Waals surface area contributed by atoms with Gasteiger partial charge in [-0.1, -0.05) is 12.1 Å². The highest BCUT2D eigenvalue weighted by molar-refractivity contribution is 5.98. The lowest BCUT2D eigenvalue weighted by atomic mass is 10.2. The predicted molar refractivity (Wildman–Crippen MR) is 96.0 cm³/mol. The molecular formula is C18H20N4O5. The highest BCUT2D eigenvalue weighted by atomic mass is 16.5. The van der Waals surface area contributed by atoms with Gasteiger partial charge in [-0.05, 0) is 25.5 Å². The van der Waals surface area contributed by atoms with Crippen LogP contribution in [0.5, 0.6) is 0 Å². The molecule has 9 heteroatoms. The normalized spacial score (nSPS) is 14.9. The average Bonchev–Trinajstić information content (AvgIpc) is 3.07. The number of esters is 1. The molecule has 142 valence electrons. The standard InChI is InChI=1S/C18H20N4O5/c1-11(17(25)22-10-9-19-18(22)26)27-15(23)8-4-7-14-20-13-6-3-2-5-12(13)16(24)21-14/h2-3,5-6,11H,4,7-10H2,1H3,(H,19,26)(H,20,21,24)/t11-/m1/s1. The summed E-state index contributed by atoms with van der Waals surface area (Å²) in [7, 11) is 0. The SMILES string of the molecule is C[C@@H](OC(=O)CCCc1nc2ccccc2c(=O)[nH]1)C(=O)N1CCNC1=O. The average molecular weight is 372 g/mol. The van der Waals surface area contributed by atoms with E-state index in [4.69, 9.17) is 4.74 Å². The van der Waals surface area contributed by atoms with Crippen LogP contribution in [0.25, 0.3) is 10.9 Å². The van der Waals surface area contributed by atoms with Crippen molar-refractivity contribution in [2.75, 3.05) is 13.1 Å². The molecule has 1 aliphatic heterocycles. The van der Waals surface area contributed by atoms with Crippen LogP contribution in [0.4, 0.5) is 4.79 Å². The van der Waals surface area contributed by atoms with E-state index in [9.17, 15) is 19.2 Å². The fourth-order valence-electron chi connectivity index (χ4n) is 2.86. The molecule has 0 spiro atoms. The first-order valence-electron chi connectivity index (χ1n) is 8.72. The lowest BCUT2D eigenvalue weighted by Crippen LogP contribution is -2.41. The van der Waals surface area contributed by atoms with Gasteiger partial charge in [0.25, 0.3) is 11.5 Å². The number of fused-ring (bicyclic) bond motifs is 1. The second-order valence-electron chi connectivity index (χ2n) is 6.24. The summed E-state index contributed by atoms with van der Waals surface area (Å²) in [5.74, 6) is -0.596. The Morgan fingerprint density at radius 2 is 2.07 bits per heavy atom. The number of amides is 3. The van der Waals surface area contributed by atoms with Gasteiger partial charge in [0.05, 0.1) is 10.9 Å². The van der Waals surface area contributed by atoms with Crippen molar-refractivity contribution in [2.24, 2.45) is 0 Å². The number of imide groups is 1. The minimum absolute atomic E-state index is 0.0698.